The van der Waals surface area contributed by atoms with E-state index in [0.717, 1.165) is 58.8 Å². The van der Waals surface area contributed by atoms with Gasteiger partial charge in [-0.25, -0.2) is 0 Å². The summed E-state index contributed by atoms with van der Waals surface area (Å²) in [5.74, 6) is 0.599. The number of benzene rings is 1. The Kier molecular flexibility index (Phi) is 5.85. The number of rotatable bonds is 4. The normalized spacial score (nSPS) is 21.7. The van der Waals surface area contributed by atoms with E-state index in [-0.39, 0.29) is 29.4 Å². The van der Waals surface area contributed by atoms with Gasteiger partial charge in [-0.2, -0.15) is 5.26 Å². The van der Waals surface area contributed by atoms with Gasteiger partial charge in [-0.05, 0) is 67.7 Å². The zero-order chi connectivity index (χ0) is 24.0. The van der Waals surface area contributed by atoms with Crippen LogP contribution < -0.4 is 9.64 Å². The second-order valence-corrected chi connectivity index (χ2v) is 11.4. The summed E-state index contributed by atoms with van der Waals surface area (Å²) in [5, 5.41) is 10.8. The molecule has 0 spiro atoms. The predicted molar refractivity (Wildman–Crippen MR) is 133 cm³/mol. The van der Waals surface area contributed by atoms with Crippen molar-refractivity contribution in [1.29, 1.82) is 5.26 Å². The maximum Gasteiger partial charge on any atom is 0.232 e. The average Bonchev–Trinajstić information content (AvgIpc) is 3.16. The van der Waals surface area contributed by atoms with Gasteiger partial charge in [0.1, 0.15) is 16.8 Å². The summed E-state index contributed by atoms with van der Waals surface area (Å²) in [4.78, 5) is 30.3. The van der Waals surface area contributed by atoms with Crippen LogP contribution in [0.15, 0.2) is 35.5 Å². The number of nitrogens with zero attached hydrogens (tertiary/aromatic N) is 2. The van der Waals surface area contributed by atoms with E-state index in [1.165, 1.54) is 4.88 Å². The number of nitriles is 1. The number of ether oxygens (including phenoxy) is 1. The Morgan fingerprint density at radius 3 is 2.59 bits per heavy atom. The predicted octanol–water partition coefficient (Wildman–Crippen LogP) is 6.06. The number of hydrogen-bond donors (Lipinski definition) is 0. The second-order valence-electron chi connectivity index (χ2n) is 10.3. The Morgan fingerprint density at radius 2 is 1.88 bits per heavy atom. The van der Waals surface area contributed by atoms with Crippen LogP contribution >= 0.6 is 11.3 Å². The van der Waals surface area contributed by atoms with E-state index in [1.807, 2.05) is 31.2 Å². The molecule has 1 unspecified atom stereocenters. The van der Waals surface area contributed by atoms with Gasteiger partial charge in [0, 0.05) is 34.9 Å². The Morgan fingerprint density at radius 1 is 1.15 bits per heavy atom. The summed E-state index contributed by atoms with van der Waals surface area (Å²) in [6, 6.07) is 10.2. The molecule has 2 heterocycles. The fourth-order valence-corrected chi connectivity index (χ4v) is 7.10. The average molecular weight is 475 g/mol. The number of Topliss-reactive ketones (excluding diaryl/α,β-unsaturated/α-hetero) is 1. The third-order valence-corrected chi connectivity index (χ3v) is 8.48. The van der Waals surface area contributed by atoms with Crippen molar-refractivity contribution in [2.45, 2.75) is 71.6 Å². The van der Waals surface area contributed by atoms with Gasteiger partial charge in [0.15, 0.2) is 5.78 Å². The number of carbonyl (C=O) groups is 2. The van der Waals surface area contributed by atoms with E-state index in [2.05, 4.69) is 19.9 Å². The van der Waals surface area contributed by atoms with Gasteiger partial charge in [0.05, 0.1) is 12.2 Å². The molecule has 0 saturated carbocycles. The first-order valence-electron chi connectivity index (χ1n) is 12.2. The van der Waals surface area contributed by atoms with E-state index in [9.17, 15) is 14.9 Å². The molecule has 2 aliphatic carbocycles. The topological polar surface area (TPSA) is 70.4 Å². The lowest BCUT2D eigenvalue weighted by molar-refractivity contribution is -0.120. The lowest BCUT2D eigenvalue weighted by atomic mass is 9.69. The molecular weight excluding hydrogens is 444 g/mol. The Bertz CT molecular complexity index is 1230. The van der Waals surface area contributed by atoms with Gasteiger partial charge < -0.3 is 4.74 Å². The van der Waals surface area contributed by atoms with Crippen molar-refractivity contribution in [3.8, 4) is 11.8 Å². The summed E-state index contributed by atoms with van der Waals surface area (Å²) in [6.45, 7) is 6.70. The van der Waals surface area contributed by atoms with E-state index in [1.54, 1.807) is 16.2 Å². The van der Waals surface area contributed by atoms with Crippen molar-refractivity contribution in [2.24, 2.45) is 5.41 Å². The standard InChI is InChI=1S/C28H30N2O3S/c1-4-33-18-11-9-17(10-12-18)20-13-25(32)30(22-14-28(2,3)15-23(31)26(20)22)27-21(16-29)19-7-5-6-8-24(19)34-27/h9-12,20H,4-8,13-15H2,1-3H3. The minimum Gasteiger partial charge on any atom is -0.494 e. The summed E-state index contributed by atoms with van der Waals surface area (Å²) >= 11 is 1.58. The monoisotopic (exact) mass is 474 g/mol. The number of hydrogen-bond acceptors (Lipinski definition) is 5. The van der Waals surface area contributed by atoms with Crippen molar-refractivity contribution in [1.82, 2.24) is 0 Å². The fourth-order valence-electron chi connectivity index (χ4n) is 5.72. The number of thiophene rings is 1. The summed E-state index contributed by atoms with van der Waals surface area (Å²) in [7, 11) is 0. The number of carbonyl (C=O) groups excluding carboxylic acids is 2. The van der Waals surface area contributed by atoms with Gasteiger partial charge in [-0.3, -0.25) is 14.5 Å². The molecule has 1 amide bonds. The Labute approximate surface area is 205 Å². The lowest BCUT2D eigenvalue weighted by Gasteiger charge is -2.42. The van der Waals surface area contributed by atoms with Crippen molar-refractivity contribution >= 4 is 28.0 Å². The molecule has 3 aliphatic rings. The van der Waals surface area contributed by atoms with Crippen molar-refractivity contribution in [3.63, 3.8) is 0 Å². The molecule has 0 fully saturated rings. The van der Waals surface area contributed by atoms with Gasteiger partial charge in [0.25, 0.3) is 0 Å². The molecule has 0 radical (unpaired) electrons. The highest BCUT2D eigenvalue weighted by Gasteiger charge is 2.45. The third-order valence-electron chi connectivity index (χ3n) is 7.20. The van der Waals surface area contributed by atoms with Gasteiger partial charge >= 0.3 is 0 Å². The number of ketones is 1. The molecule has 176 valence electrons. The van der Waals surface area contributed by atoms with Crippen LogP contribution in [0.1, 0.15) is 80.4 Å². The first-order valence-corrected chi connectivity index (χ1v) is 13.0. The minimum absolute atomic E-state index is 0.0294. The molecule has 2 aromatic rings. The van der Waals surface area contributed by atoms with E-state index < -0.39 is 0 Å². The van der Waals surface area contributed by atoms with E-state index >= 15 is 0 Å². The van der Waals surface area contributed by atoms with Crippen molar-refractivity contribution < 1.29 is 14.3 Å². The molecule has 6 heteroatoms. The molecule has 0 N–H and O–H groups in total. The maximum absolute atomic E-state index is 13.8. The van der Waals surface area contributed by atoms with Gasteiger partial charge in [0.2, 0.25) is 5.91 Å². The van der Waals surface area contributed by atoms with E-state index in [4.69, 9.17) is 4.74 Å². The molecule has 1 atom stereocenters. The number of fused-ring (bicyclic) bond motifs is 1. The highest BCUT2D eigenvalue weighted by Crippen LogP contribution is 2.51. The Hall–Kier alpha value is -2.91. The minimum atomic E-state index is -0.266. The third kappa shape index (κ3) is 3.86. The quantitative estimate of drug-likeness (QED) is 0.540. The molecule has 0 bridgehead atoms. The molecule has 1 aromatic carbocycles. The van der Waals surface area contributed by atoms with Crippen LogP contribution in [0.4, 0.5) is 5.00 Å². The van der Waals surface area contributed by atoms with Crippen molar-refractivity contribution in [3.05, 3.63) is 57.1 Å². The smallest absolute Gasteiger partial charge is 0.232 e. The molecule has 34 heavy (non-hydrogen) atoms. The molecule has 5 rings (SSSR count). The second kappa shape index (κ2) is 8.70. The fraction of sp³-hybridized carbons (Fsp3) is 0.464. The number of amides is 1. The maximum atomic E-state index is 13.8. The summed E-state index contributed by atoms with van der Waals surface area (Å²) in [6.07, 6.45) is 5.38. The SMILES string of the molecule is CCOc1ccc(C2CC(=O)N(c3sc4c(c3C#N)CCCC4)C3=C2C(=O)CC(C)(C)C3)cc1. The largest absolute Gasteiger partial charge is 0.494 e. The highest BCUT2D eigenvalue weighted by atomic mass is 32.1. The summed E-state index contributed by atoms with van der Waals surface area (Å²) < 4.78 is 5.58. The zero-order valence-corrected chi connectivity index (χ0v) is 20.9. The highest BCUT2D eigenvalue weighted by molar-refractivity contribution is 7.16. The zero-order valence-electron chi connectivity index (χ0n) is 20.1. The number of allylic oxidation sites excluding steroid dienone is 2. The molecule has 5 nitrogen and oxygen atoms in total. The number of aryl methyl sites for hydroxylation is 1. The van der Waals surface area contributed by atoms with Crippen LogP contribution in [-0.2, 0) is 22.4 Å². The van der Waals surface area contributed by atoms with Crippen LogP contribution in [0, 0.1) is 16.7 Å². The van der Waals surface area contributed by atoms with Gasteiger partial charge in [-0.15, -0.1) is 11.3 Å². The molecule has 1 aromatic heterocycles. The summed E-state index contributed by atoms with van der Waals surface area (Å²) in [5.41, 5.74) is 4.01. The van der Waals surface area contributed by atoms with Crippen LogP contribution in [0.3, 0.4) is 0 Å². The molecule has 1 aliphatic heterocycles. The van der Waals surface area contributed by atoms with Crippen LogP contribution in [0.5, 0.6) is 5.75 Å². The first-order chi connectivity index (χ1) is 16.3. The molecule has 0 saturated heterocycles. The van der Waals surface area contributed by atoms with E-state index in [0.29, 0.717) is 25.0 Å². The first kappa shape index (κ1) is 22.9. The van der Waals surface area contributed by atoms with Gasteiger partial charge in [-0.1, -0.05) is 26.0 Å². The lowest BCUT2D eigenvalue weighted by Crippen LogP contribution is -2.43. The van der Waals surface area contributed by atoms with Crippen LogP contribution in [0.2, 0.25) is 0 Å². The van der Waals surface area contributed by atoms with Crippen LogP contribution in [-0.4, -0.2) is 18.3 Å². The Balaban J connectivity index is 1.65. The van der Waals surface area contributed by atoms with Crippen molar-refractivity contribution in [2.75, 3.05) is 11.5 Å². The van der Waals surface area contributed by atoms with Crippen LogP contribution in [0.25, 0.3) is 0 Å². The number of anilines is 1. The molecular formula is C28H30N2O3S.